The Balaban J connectivity index is 1.50. The van der Waals surface area contributed by atoms with Gasteiger partial charge in [0.05, 0.1) is 10.6 Å². The fraction of sp³-hybridized carbons (Fsp3) is 0.318. The van der Waals surface area contributed by atoms with Gasteiger partial charge in [0, 0.05) is 49.6 Å². The molecule has 0 aromatic heterocycles. The Bertz CT molecular complexity index is 920. The van der Waals surface area contributed by atoms with E-state index in [-0.39, 0.29) is 30.4 Å². The second-order valence-electron chi connectivity index (χ2n) is 7.09. The summed E-state index contributed by atoms with van der Waals surface area (Å²) in [6.07, 6.45) is 0.347. The Labute approximate surface area is 180 Å². The summed E-state index contributed by atoms with van der Waals surface area (Å²) >= 11 is 12.1. The highest BCUT2D eigenvalue weighted by atomic mass is 35.5. The Morgan fingerprint density at radius 3 is 2.14 bits per heavy atom. The lowest BCUT2D eigenvalue weighted by Gasteiger charge is -2.35. The van der Waals surface area contributed by atoms with Crippen molar-refractivity contribution in [2.75, 3.05) is 26.2 Å². The van der Waals surface area contributed by atoms with Gasteiger partial charge in [0.1, 0.15) is 0 Å². The third kappa shape index (κ3) is 5.37. The van der Waals surface area contributed by atoms with E-state index >= 15 is 0 Å². The van der Waals surface area contributed by atoms with Gasteiger partial charge >= 0.3 is 0 Å². The van der Waals surface area contributed by atoms with Crippen molar-refractivity contribution in [3.8, 4) is 0 Å². The van der Waals surface area contributed by atoms with Gasteiger partial charge in [-0.2, -0.15) is 0 Å². The summed E-state index contributed by atoms with van der Waals surface area (Å²) in [5.41, 5.74) is 2.07. The number of piperazine rings is 1. The quantitative estimate of drug-likeness (QED) is 0.663. The third-order valence-corrected chi connectivity index (χ3v) is 5.58. The number of halogens is 2. The van der Waals surface area contributed by atoms with Crippen LogP contribution in [0.1, 0.15) is 39.1 Å². The molecule has 1 aliphatic rings. The molecule has 7 heteroatoms. The average molecular weight is 433 g/mol. The number of hydrogen-bond acceptors (Lipinski definition) is 3. The molecule has 2 amide bonds. The van der Waals surface area contributed by atoms with Crippen molar-refractivity contribution in [2.45, 2.75) is 19.8 Å². The van der Waals surface area contributed by atoms with Crippen LogP contribution in [0, 0.1) is 6.92 Å². The van der Waals surface area contributed by atoms with Crippen LogP contribution in [0.15, 0.2) is 42.5 Å². The van der Waals surface area contributed by atoms with Crippen LogP contribution in [0.25, 0.3) is 0 Å². The lowest BCUT2D eigenvalue weighted by atomic mass is 10.0. The number of rotatable bonds is 5. The maximum absolute atomic E-state index is 12.7. The first-order valence-electron chi connectivity index (χ1n) is 9.47. The number of amides is 2. The van der Waals surface area contributed by atoms with Crippen LogP contribution in [-0.4, -0.2) is 53.6 Å². The van der Waals surface area contributed by atoms with Gasteiger partial charge in [0.15, 0.2) is 5.78 Å². The van der Waals surface area contributed by atoms with Gasteiger partial charge in [-0.1, -0.05) is 53.0 Å². The van der Waals surface area contributed by atoms with E-state index in [0.29, 0.717) is 47.4 Å². The molecule has 2 aromatic rings. The summed E-state index contributed by atoms with van der Waals surface area (Å²) in [4.78, 5) is 40.8. The number of Topliss-reactive ketones (excluding diaryl/α,β-unsaturated/α-hetero) is 1. The van der Waals surface area contributed by atoms with Crippen LogP contribution in [0.3, 0.4) is 0 Å². The van der Waals surface area contributed by atoms with E-state index in [1.54, 1.807) is 40.1 Å². The minimum Gasteiger partial charge on any atom is -0.339 e. The average Bonchev–Trinajstić information content (AvgIpc) is 2.73. The minimum absolute atomic E-state index is 0.0391. The smallest absolute Gasteiger partial charge is 0.255 e. The number of hydrogen-bond donors (Lipinski definition) is 0. The monoisotopic (exact) mass is 432 g/mol. The second-order valence-corrected chi connectivity index (χ2v) is 7.93. The van der Waals surface area contributed by atoms with Gasteiger partial charge in [-0.05, 0) is 25.1 Å². The van der Waals surface area contributed by atoms with Crippen LogP contribution in [-0.2, 0) is 4.79 Å². The molecular weight excluding hydrogens is 411 g/mol. The van der Waals surface area contributed by atoms with Crippen molar-refractivity contribution in [1.29, 1.82) is 0 Å². The van der Waals surface area contributed by atoms with E-state index in [4.69, 9.17) is 23.2 Å². The first kappa shape index (κ1) is 21.3. The first-order valence-corrected chi connectivity index (χ1v) is 10.2. The van der Waals surface area contributed by atoms with Gasteiger partial charge in [0.25, 0.3) is 5.91 Å². The number of nitrogens with zero attached hydrogens (tertiary/aromatic N) is 2. The van der Waals surface area contributed by atoms with Crippen molar-refractivity contribution < 1.29 is 14.4 Å². The molecule has 1 saturated heterocycles. The van der Waals surface area contributed by atoms with Gasteiger partial charge in [-0.15, -0.1) is 0 Å². The van der Waals surface area contributed by atoms with Crippen LogP contribution >= 0.6 is 23.2 Å². The number of carbonyl (C=O) groups excluding carboxylic acids is 3. The molecule has 0 unspecified atom stereocenters. The van der Waals surface area contributed by atoms with Crippen LogP contribution in [0.4, 0.5) is 0 Å². The maximum Gasteiger partial charge on any atom is 0.255 e. The first-order chi connectivity index (χ1) is 13.8. The maximum atomic E-state index is 12.7. The van der Waals surface area contributed by atoms with Crippen molar-refractivity contribution in [3.63, 3.8) is 0 Å². The molecule has 1 heterocycles. The molecule has 0 aliphatic carbocycles. The van der Waals surface area contributed by atoms with E-state index < -0.39 is 0 Å². The number of ketones is 1. The predicted molar refractivity (Wildman–Crippen MR) is 114 cm³/mol. The molecule has 0 atom stereocenters. The topological polar surface area (TPSA) is 57.7 Å². The molecule has 5 nitrogen and oxygen atoms in total. The fourth-order valence-corrected chi connectivity index (χ4v) is 3.62. The molecule has 29 heavy (non-hydrogen) atoms. The summed E-state index contributed by atoms with van der Waals surface area (Å²) in [5.74, 6) is -0.305. The fourth-order valence-electron chi connectivity index (χ4n) is 3.25. The van der Waals surface area contributed by atoms with Gasteiger partial charge < -0.3 is 9.80 Å². The number of benzene rings is 2. The zero-order valence-corrected chi connectivity index (χ0v) is 17.7. The van der Waals surface area contributed by atoms with Crippen LogP contribution in [0.2, 0.25) is 10.0 Å². The zero-order valence-electron chi connectivity index (χ0n) is 16.2. The summed E-state index contributed by atoms with van der Waals surface area (Å²) < 4.78 is 0. The molecule has 3 rings (SSSR count). The van der Waals surface area contributed by atoms with E-state index in [0.717, 1.165) is 5.56 Å². The summed E-state index contributed by atoms with van der Waals surface area (Å²) in [6.45, 7) is 3.66. The highest BCUT2D eigenvalue weighted by molar-refractivity contribution is 6.35. The van der Waals surface area contributed by atoms with E-state index in [2.05, 4.69) is 0 Å². The van der Waals surface area contributed by atoms with Gasteiger partial charge in [0.2, 0.25) is 5.91 Å². The molecule has 1 aliphatic heterocycles. The zero-order chi connectivity index (χ0) is 21.0. The Hall–Kier alpha value is -2.37. The molecule has 1 fully saturated rings. The third-order valence-electron chi connectivity index (χ3n) is 5.02. The lowest BCUT2D eigenvalue weighted by molar-refractivity contribution is -0.132. The predicted octanol–water partition coefficient (Wildman–Crippen LogP) is 4.25. The van der Waals surface area contributed by atoms with Gasteiger partial charge in [-0.3, -0.25) is 14.4 Å². The Morgan fingerprint density at radius 1 is 0.862 bits per heavy atom. The molecule has 0 radical (unpaired) electrons. The molecule has 152 valence electrons. The normalized spacial score (nSPS) is 14.0. The van der Waals surface area contributed by atoms with Crippen molar-refractivity contribution >= 4 is 40.8 Å². The minimum atomic E-state index is -0.195. The van der Waals surface area contributed by atoms with Crippen LogP contribution in [0.5, 0.6) is 0 Å². The summed E-state index contributed by atoms with van der Waals surface area (Å²) in [7, 11) is 0. The standard InChI is InChI=1S/C22H22Cl2N2O3/c1-15-2-4-16(5-3-15)20(27)8-9-21(28)25-10-12-26(13-11-25)22(29)18-14-17(23)6-7-19(18)24/h2-7,14H,8-13H2,1H3. The Kier molecular flexibility index (Phi) is 6.93. The molecule has 0 bridgehead atoms. The largest absolute Gasteiger partial charge is 0.339 e. The highest BCUT2D eigenvalue weighted by Gasteiger charge is 2.26. The van der Waals surface area contributed by atoms with Crippen LogP contribution < -0.4 is 0 Å². The molecule has 0 spiro atoms. The van der Waals surface area contributed by atoms with Crippen molar-refractivity contribution in [1.82, 2.24) is 9.80 Å². The number of aryl methyl sites for hydroxylation is 1. The van der Waals surface area contributed by atoms with E-state index in [1.807, 2.05) is 19.1 Å². The molecule has 2 aromatic carbocycles. The van der Waals surface area contributed by atoms with E-state index in [1.165, 1.54) is 0 Å². The second kappa shape index (κ2) is 9.42. The van der Waals surface area contributed by atoms with Crippen molar-refractivity contribution in [2.24, 2.45) is 0 Å². The van der Waals surface area contributed by atoms with E-state index in [9.17, 15) is 14.4 Å². The van der Waals surface area contributed by atoms with Gasteiger partial charge in [-0.25, -0.2) is 0 Å². The lowest BCUT2D eigenvalue weighted by Crippen LogP contribution is -2.50. The van der Waals surface area contributed by atoms with Crippen molar-refractivity contribution in [3.05, 3.63) is 69.2 Å². The molecular formula is C22H22Cl2N2O3. The SMILES string of the molecule is Cc1ccc(C(=O)CCC(=O)N2CCN(C(=O)c3cc(Cl)ccc3Cl)CC2)cc1. The molecule has 0 N–H and O–H groups in total. The molecule has 0 saturated carbocycles. The highest BCUT2D eigenvalue weighted by Crippen LogP contribution is 2.23. The number of carbonyl (C=O) groups is 3. The Morgan fingerprint density at radius 2 is 1.48 bits per heavy atom. The summed E-state index contributed by atoms with van der Waals surface area (Å²) in [5, 5.41) is 0.803. The summed E-state index contributed by atoms with van der Waals surface area (Å²) in [6, 6.07) is 12.1.